The molecule has 1 aromatic carbocycles. The predicted octanol–water partition coefficient (Wildman–Crippen LogP) is 1.90. The Bertz CT molecular complexity index is 613. The van der Waals surface area contributed by atoms with Crippen molar-refractivity contribution < 1.29 is 17.2 Å². The number of rotatable bonds is 2. The van der Waals surface area contributed by atoms with Gasteiger partial charge in [-0.25, -0.2) is 17.2 Å². The molecule has 118 valence electrons. The van der Waals surface area contributed by atoms with Gasteiger partial charge in [0.05, 0.1) is 0 Å². The summed E-state index contributed by atoms with van der Waals surface area (Å²) in [5, 5.41) is 3.18. The number of sulfonamides is 1. The van der Waals surface area contributed by atoms with Gasteiger partial charge in [-0.3, -0.25) is 0 Å². The smallest absolute Gasteiger partial charge is 0.246 e. The van der Waals surface area contributed by atoms with Crippen molar-refractivity contribution in [3.05, 3.63) is 29.8 Å². The summed E-state index contributed by atoms with van der Waals surface area (Å²) in [5.74, 6) is -2.42. The fourth-order valence-corrected chi connectivity index (χ4v) is 5.11. The lowest BCUT2D eigenvalue weighted by molar-refractivity contribution is 0.332. The first-order chi connectivity index (χ1) is 9.51. The zero-order chi connectivity index (χ0) is 14.3. The van der Waals surface area contributed by atoms with E-state index in [0.717, 1.165) is 31.5 Å². The number of nitrogens with one attached hydrogen (secondary N) is 1. The Morgan fingerprint density at radius 3 is 2.62 bits per heavy atom. The monoisotopic (exact) mass is 338 g/mol. The highest BCUT2D eigenvalue weighted by atomic mass is 35.5. The van der Waals surface area contributed by atoms with E-state index in [0.29, 0.717) is 13.0 Å². The van der Waals surface area contributed by atoms with Crippen LogP contribution in [0.1, 0.15) is 19.3 Å². The van der Waals surface area contributed by atoms with Crippen LogP contribution in [0.5, 0.6) is 0 Å². The lowest BCUT2D eigenvalue weighted by Gasteiger charge is -2.27. The molecule has 2 saturated heterocycles. The summed E-state index contributed by atoms with van der Waals surface area (Å²) in [6.45, 7) is 1.31. The van der Waals surface area contributed by atoms with Crippen LogP contribution in [-0.4, -0.2) is 37.9 Å². The largest absolute Gasteiger partial charge is 0.315 e. The van der Waals surface area contributed by atoms with Crippen molar-refractivity contribution in [2.75, 3.05) is 13.1 Å². The molecule has 2 aliphatic heterocycles. The molecule has 1 N–H and O–H groups in total. The second-order valence-corrected chi connectivity index (χ2v) is 7.08. The Hall–Kier alpha value is -0.760. The first-order valence-electron chi connectivity index (χ1n) is 6.70. The molecule has 3 rings (SSSR count). The van der Waals surface area contributed by atoms with Gasteiger partial charge in [0.25, 0.3) is 0 Å². The molecule has 0 spiro atoms. The zero-order valence-electron chi connectivity index (χ0n) is 11.3. The highest BCUT2D eigenvalue weighted by Crippen LogP contribution is 2.34. The molecule has 0 saturated carbocycles. The van der Waals surface area contributed by atoms with Gasteiger partial charge in [-0.2, -0.15) is 4.31 Å². The molecule has 2 bridgehead atoms. The van der Waals surface area contributed by atoms with Crippen molar-refractivity contribution in [1.29, 1.82) is 0 Å². The minimum absolute atomic E-state index is 0. The second kappa shape index (κ2) is 6.16. The van der Waals surface area contributed by atoms with Gasteiger partial charge in [-0.05, 0) is 37.9 Å². The summed E-state index contributed by atoms with van der Waals surface area (Å²) in [6.07, 6.45) is 2.24. The quantitative estimate of drug-likeness (QED) is 0.896. The summed E-state index contributed by atoms with van der Waals surface area (Å²) in [5.41, 5.74) is 0. The molecule has 0 radical (unpaired) electrons. The SMILES string of the molecule is Cl.O=S(=O)(c1cccc(F)c1F)N1C2CCNCC1CC2. The van der Waals surface area contributed by atoms with Gasteiger partial charge in [-0.1, -0.05) is 6.07 Å². The van der Waals surface area contributed by atoms with E-state index in [9.17, 15) is 17.2 Å². The highest BCUT2D eigenvalue weighted by Gasteiger charge is 2.44. The van der Waals surface area contributed by atoms with Gasteiger partial charge in [0, 0.05) is 18.6 Å². The van der Waals surface area contributed by atoms with Crippen LogP contribution in [-0.2, 0) is 10.0 Å². The normalized spacial score (nSPS) is 26.2. The maximum absolute atomic E-state index is 13.8. The second-order valence-electron chi connectivity index (χ2n) is 5.26. The van der Waals surface area contributed by atoms with Crippen LogP contribution in [0.2, 0.25) is 0 Å². The van der Waals surface area contributed by atoms with E-state index < -0.39 is 26.6 Å². The van der Waals surface area contributed by atoms with Crippen molar-refractivity contribution in [3.8, 4) is 0 Å². The molecule has 2 aliphatic rings. The van der Waals surface area contributed by atoms with Gasteiger partial charge in [-0.15, -0.1) is 12.4 Å². The maximum atomic E-state index is 13.8. The van der Waals surface area contributed by atoms with Gasteiger partial charge in [0.2, 0.25) is 10.0 Å². The lowest BCUT2D eigenvalue weighted by Crippen LogP contribution is -2.42. The zero-order valence-corrected chi connectivity index (χ0v) is 12.9. The van der Waals surface area contributed by atoms with E-state index in [4.69, 9.17) is 0 Å². The Balaban J connectivity index is 0.00000161. The molecule has 0 aromatic heterocycles. The van der Waals surface area contributed by atoms with Gasteiger partial charge >= 0.3 is 0 Å². The molecular formula is C13H17ClF2N2O2S. The van der Waals surface area contributed by atoms with E-state index >= 15 is 0 Å². The summed E-state index contributed by atoms with van der Waals surface area (Å²) in [6, 6.07) is 2.99. The van der Waals surface area contributed by atoms with Crippen molar-refractivity contribution in [2.45, 2.75) is 36.2 Å². The molecule has 21 heavy (non-hydrogen) atoms. The molecule has 1 aromatic rings. The number of hydrogen-bond acceptors (Lipinski definition) is 3. The third-order valence-corrected chi connectivity index (χ3v) is 6.08. The number of halogens is 3. The molecule has 2 heterocycles. The topological polar surface area (TPSA) is 49.4 Å². The van der Waals surface area contributed by atoms with Crippen molar-refractivity contribution in [1.82, 2.24) is 9.62 Å². The standard InChI is InChI=1S/C13H16F2N2O2S.ClH/c14-11-2-1-3-12(13(11)15)20(18,19)17-9-4-5-10(17)8-16-7-6-9;/h1-3,9-10,16H,4-8H2;1H. The lowest BCUT2D eigenvalue weighted by atomic mass is 10.1. The van der Waals surface area contributed by atoms with Crippen molar-refractivity contribution >= 4 is 22.4 Å². The molecule has 8 heteroatoms. The molecule has 0 aliphatic carbocycles. The Kier molecular flexibility index (Phi) is 4.87. The number of nitrogens with zero attached hydrogens (tertiary/aromatic N) is 1. The third kappa shape index (κ3) is 2.79. The third-order valence-electron chi connectivity index (χ3n) is 4.06. The fraction of sp³-hybridized carbons (Fsp3) is 0.538. The first-order valence-corrected chi connectivity index (χ1v) is 8.14. The van der Waals surface area contributed by atoms with Crippen molar-refractivity contribution in [2.24, 2.45) is 0 Å². The summed E-state index contributed by atoms with van der Waals surface area (Å²) < 4.78 is 53.8. The average Bonchev–Trinajstić information content (AvgIpc) is 2.66. The van der Waals surface area contributed by atoms with Crippen LogP contribution in [0.3, 0.4) is 0 Å². The molecule has 2 fully saturated rings. The number of hydrogen-bond donors (Lipinski definition) is 1. The van der Waals surface area contributed by atoms with Crippen LogP contribution < -0.4 is 5.32 Å². The molecule has 2 unspecified atom stereocenters. The minimum Gasteiger partial charge on any atom is -0.315 e. The van der Waals surface area contributed by atoms with E-state index in [1.165, 1.54) is 10.4 Å². The van der Waals surface area contributed by atoms with E-state index in [1.54, 1.807) is 0 Å². The first kappa shape index (κ1) is 16.6. The Morgan fingerprint density at radius 1 is 1.14 bits per heavy atom. The van der Waals surface area contributed by atoms with Crippen LogP contribution in [0.25, 0.3) is 0 Å². The fourth-order valence-electron chi connectivity index (χ4n) is 3.13. The maximum Gasteiger partial charge on any atom is 0.246 e. The van der Waals surface area contributed by atoms with E-state index in [2.05, 4.69) is 5.32 Å². The van der Waals surface area contributed by atoms with Gasteiger partial charge < -0.3 is 5.32 Å². The number of benzene rings is 1. The summed E-state index contributed by atoms with van der Waals surface area (Å²) in [7, 11) is -4.00. The summed E-state index contributed by atoms with van der Waals surface area (Å²) in [4.78, 5) is -0.559. The van der Waals surface area contributed by atoms with E-state index in [-0.39, 0.29) is 24.5 Å². The van der Waals surface area contributed by atoms with Crippen LogP contribution in [0, 0.1) is 11.6 Å². The van der Waals surface area contributed by atoms with Gasteiger partial charge in [0.1, 0.15) is 4.90 Å². The average molecular weight is 339 g/mol. The Labute approximate surface area is 129 Å². The highest BCUT2D eigenvalue weighted by molar-refractivity contribution is 7.89. The molecule has 4 nitrogen and oxygen atoms in total. The molecular weight excluding hydrogens is 322 g/mol. The Morgan fingerprint density at radius 2 is 1.86 bits per heavy atom. The van der Waals surface area contributed by atoms with E-state index in [1.807, 2.05) is 0 Å². The molecule has 2 atom stereocenters. The van der Waals surface area contributed by atoms with Gasteiger partial charge in [0.15, 0.2) is 11.6 Å². The van der Waals surface area contributed by atoms with Crippen molar-refractivity contribution in [3.63, 3.8) is 0 Å². The molecule has 0 amide bonds. The number of fused-ring (bicyclic) bond motifs is 2. The predicted molar refractivity (Wildman–Crippen MR) is 76.9 cm³/mol. The van der Waals surface area contributed by atoms with Crippen LogP contribution in [0.4, 0.5) is 8.78 Å². The minimum atomic E-state index is -4.00. The summed E-state index contributed by atoms with van der Waals surface area (Å²) >= 11 is 0. The van der Waals surface area contributed by atoms with Crippen LogP contribution in [0.15, 0.2) is 23.1 Å². The van der Waals surface area contributed by atoms with Crippen LogP contribution >= 0.6 is 12.4 Å².